The van der Waals surface area contributed by atoms with Crippen molar-refractivity contribution < 1.29 is 14.7 Å². The summed E-state index contributed by atoms with van der Waals surface area (Å²) in [5.41, 5.74) is 2.58. The summed E-state index contributed by atoms with van der Waals surface area (Å²) in [6.07, 6.45) is 9.86. The molecule has 0 heterocycles. The molecule has 0 fully saturated rings. The molecule has 0 bridgehead atoms. The van der Waals surface area contributed by atoms with Crippen molar-refractivity contribution in [3.63, 3.8) is 0 Å². The van der Waals surface area contributed by atoms with Crippen molar-refractivity contribution in [3.8, 4) is 0 Å². The third-order valence-corrected chi connectivity index (χ3v) is 2.48. The molecule has 0 aliphatic rings. The summed E-state index contributed by atoms with van der Waals surface area (Å²) in [4.78, 5) is 21.4. The first-order chi connectivity index (χ1) is 8.63. The van der Waals surface area contributed by atoms with E-state index in [4.69, 9.17) is 5.11 Å². The first-order valence-corrected chi connectivity index (χ1v) is 6.16. The Hall–Kier alpha value is -1.48. The smallest absolute Gasteiger partial charge is 0.145 e. The van der Waals surface area contributed by atoms with Crippen LogP contribution in [0.1, 0.15) is 39.5 Å². The lowest BCUT2D eigenvalue weighted by Crippen LogP contribution is -1.89. The SMILES string of the molecule is CC(C)=CCC/C(C=O)=C\CC/C(C=O)=C\CO. The van der Waals surface area contributed by atoms with E-state index in [0.717, 1.165) is 31.0 Å². The molecule has 0 aromatic carbocycles. The molecule has 0 saturated carbocycles. The Balaban J connectivity index is 4.20. The molecule has 0 saturated heterocycles. The normalized spacial score (nSPS) is 12.2. The van der Waals surface area contributed by atoms with Crippen molar-refractivity contribution in [2.45, 2.75) is 39.5 Å². The Morgan fingerprint density at radius 1 is 0.889 bits per heavy atom. The van der Waals surface area contributed by atoms with Gasteiger partial charge in [0.1, 0.15) is 12.6 Å². The van der Waals surface area contributed by atoms with Gasteiger partial charge in [0.15, 0.2) is 0 Å². The minimum Gasteiger partial charge on any atom is -0.392 e. The van der Waals surface area contributed by atoms with Gasteiger partial charge in [-0.3, -0.25) is 9.59 Å². The standard InChI is InChI=1S/C15H22O3/c1-13(2)5-3-6-14(11-17)7-4-8-15(12-18)9-10-16/h5,7,9,11-12,16H,3-4,6,8,10H2,1-2H3/b14-7+,15-9+. The molecule has 0 unspecified atom stereocenters. The lowest BCUT2D eigenvalue weighted by atomic mass is 10.1. The van der Waals surface area contributed by atoms with Gasteiger partial charge >= 0.3 is 0 Å². The highest BCUT2D eigenvalue weighted by Crippen LogP contribution is 2.09. The van der Waals surface area contributed by atoms with Crippen LogP contribution in [0.5, 0.6) is 0 Å². The minimum atomic E-state index is -0.126. The molecule has 100 valence electrons. The lowest BCUT2D eigenvalue weighted by Gasteiger charge is -1.99. The Morgan fingerprint density at radius 2 is 1.39 bits per heavy atom. The number of rotatable bonds is 9. The highest BCUT2D eigenvalue weighted by Gasteiger charge is 1.97. The minimum absolute atomic E-state index is 0.126. The van der Waals surface area contributed by atoms with Crippen LogP contribution in [0, 0.1) is 0 Å². The van der Waals surface area contributed by atoms with E-state index < -0.39 is 0 Å². The van der Waals surface area contributed by atoms with E-state index in [2.05, 4.69) is 6.08 Å². The van der Waals surface area contributed by atoms with Crippen LogP contribution >= 0.6 is 0 Å². The van der Waals surface area contributed by atoms with Crippen LogP contribution in [0.15, 0.2) is 34.9 Å². The van der Waals surface area contributed by atoms with Crippen molar-refractivity contribution >= 4 is 12.6 Å². The first-order valence-electron chi connectivity index (χ1n) is 6.16. The summed E-state index contributed by atoms with van der Waals surface area (Å²) >= 11 is 0. The average molecular weight is 250 g/mol. The van der Waals surface area contributed by atoms with Crippen molar-refractivity contribution in [3.05, 3.63) is 34.9 Å². The quantitative estimate of drug-likeness (QED) is 0.389. The molecular weight excluding hydrogens is 228 g/mol. The fraction of sp³-hybridized carbons (Fsp3) is 0.467. The zero-order valence-electron chi connectivity index (χ0n) is 11.2. The van der Waals surface area contributed by atoms with Gasteiger partial charge in [-0.05, 0) is 50.7 Å². The summed E-state index contributed by atoms with van der Waals surface area (Å²) in [5, 5.41) is 8.68. The van der Waals surface area contributed by atoms with Crippen LogP contribution < -0.4 is 0 Å². The molecule has 1 N–H and O–H groups in total. The van der Waals surface area contributed by atoms with Crippen molar-refractivity contribution in [2.24, 2.45) is 0 Å². The van der Waals surface area contributed by atoms with E-state index in [1.807, 2.05) is 19.9 Å². The maximum atomic E-state index is 10.8. The fourth-order valence-electron chi connectivity index (χ4n) is 1.49. The van der Waals surface area contributed by atoms with Gasteiger partial charge in [-0.2, -0.15) is 0 Å². The Labute approximate surface area is 109 Å². The highest BCUT2D eigenvalue weighted by molar-refractivity contribution is 5.74. The van der Waals surface area contributed by atoms with Gasteiger partial charge in [0.2, 0.25) is 0 Å². The molecule has 0 aromatic rings. The number of allylic oxidation sites excluding steroid dienone is 5. The molecule has 0 aliphatic carbocycles. The number of aliphatic hydroxyl groups is 1. The molecule has 3 heteroatoms. The highest BCUT2D eigenvalue weighted by atomic mass is 16.2. The molecule has 0 rings (SSSR count). The van der Waals surface area contributed by atoms with Crippen molar-refractivity contribution in [2.75, 3.05) is 6.61 Å². The largest absolute Gasteiger partial charge is 0.392 e. The molecule has 0 atom stereocenters. The summed E-state index contributed by atoms with van der Waals surface area (Å²) in [6, 6.07) is 0. The predicted octanol–water partition coefficient (Wildman–Crippen LogP) is 2.76. The topological polar surface area (TPSA) is 54.4 Å². The average Bonchev–Trinajstić information content (AvgIpc) is 2.35. The molecule has 0 aliphatic heterocycles. The van der Waals surface area contributed by atoms with Gasteiger partial charge in [-0.1, -0.05) is 23.8 Å². The van der Waals surface area contributed by atoms with Gasteiger partial charge in [0.25, 0.3) is 0 Å². The second-order valence-electron chi connectivity index (χ2n) is 4.34. The van der Waals surface area contributed by atoms with Crippen LogP contribution in [-0.2, 0) is 9.59 Å². The third kappa shape index (κ3) is 8.65. The van der Waals surface area contributed by atoms with E-state index in [9.17, 15) is 9.59 Å². The summed E-state index contributed by atoms with van der Waals surface area (Å²) in [6.45, 7) is 3.93. The van der Waals surface area contributed by atoms with Gasteiger partial charge < -0.3 is 5.11 Å². The van der Waals surface area contributed by atoms with Crippen LogP contribution in [0.2, 0.25) is 0 Å². The number of aldehydes is 2. The van der Waals surface area contributed by atoms with Crippen molar-refractivity contribution in [1.82, 2.24) is 0 Å². The van der Waals surface area contributed by atoms with Gasteiger partial charge in [-0.15, -0.1) is 0 Å². The molecule has 0 aromatic heterocycles. The number of hydrogen-bond donors (Lipinski definition) is 1. The van der Waals surface area contributed by atoms with Gasteiger partial charge in [0, 0.05) is 0 Å². The lowest BCUT2D eigenvalue weighted by molar-refractivity contribution is -0.105. The second-order valence-corrected chi connectivity index (χ2v) is 4.34. The number of hydrogen-bond acceptors (Lipinski definition) is 3. The maximum absolute atomic E-state index is 10.8. The second kappa shape index (κ2) is 10.7. The third-order valence-electron chi connectivity index (χ3n) is 2.48. The Morgan fingerprint density at radius 3 is 1.83 bits per heavy atom. The number of carbonyl (C=O) groups excluding carboxylic acids is 2. The Bertz CT molecular complexity index is 345. The summed E-state index contributed by atoms with van der Waals surface area (Å²) in [5.74, 6) is 0. The van der Waals surface area contributed by atoms with Crippen LogP contribution in [0.4, 0.5) is 0 Å². The van der Waals surface area contributed by atoms with E-state index in [1.165, 1.54) is 11.6 Å². The molecule has 0 amide bonds. The molecule has 0 spiro atoms. The monoisotopic (exact) mass is 250 g/mol. The van der Waals surface area contributed by atoms with Gasteiger partial charge in [0.05, 0.1) is 6.61 Å². The number of aliphatic hydroxyl groups excluding tert-OH is 1. The maximum Gasteiger partial charge on any atom is 0.145 e. The molecule has 18 heavy (non-hydrogen) atoms. The van der Waals surface area contributed by atoms with Crippen LogP contribution in [0.3, 0.4) is 0 Å². The van der Waals surface area contributed by atoms with Crippen LogP contribution in [-0.4, -0.2) is 24.3 Å². The van der Waals surface area contributed by atoms with E-state index >= 15 is 0 Å². The summed E-state index contributed by atoms with van der Waals surface area (Å²) in [7, 11) is 0. The van der Waals surface area contributed by atoms with Gasteiger partial charge in [-0.25, -0.2) is 0 Å². The summed E-state index contributed by atoms with van der Waals surface area (Å²) < 4.78 is 0. The van der Waals surface area contributed by atoms with Crippen molar-refractivity contribution in [1.29, 1.82) is 0 Å². The van der Waals surface area contributed by atoms with E-state index in [1.54, 1.807) is 0 Å². The fourth-order valence-corrected chi connectivity index (χ4v) is 1.49. The predicted molar refractivity (Wildman–Crippen MR) is 73.3 cm³/mol. The van der Waals surface area contributed by atoms with E-state index in [-0.39, 0.29) is 6.61 Å². The Kier molecular flexibility index (Phi) is 9.78. The molecular formula is C15H22O3. The van der Waals surface area contributed by atoms with E-state index in [0.29, 0.717) is 18.4 Å². The first kappa shape index (κ1) is 16.5. The molecule has 3 nitrogen and oxygen atoms in total. The zero-order valence-corrected chi connectivity index (χ0v) is 11.2. The zero-order chi connectivity index (χ0) is 13.8. The number of carbonyl (C=O) groups is 2. The van der Waals surface area contributed by atoms with Crippen LogP contribution in [0.25, 0.3) is 0 Å². The molecule has 0 radical (unpaired) electrons.